The maximum atomic E-state index is 11.4. The lowest BCUT2D eigenvalue weighted by Gasteiger charge is -2.08. The number of thiazole rings is 1. The molecule has 7 heteroatoms. The van der Waals surface area contributed by atoms with Crippen LogP contribution in [0.1, 0.15) is 21.1 Å². The minimum atomic E-state index is -0.973. The van der Waals surface area contributed by atoms with Crippen molar-refractivity contribution in [1.82, 2.24) is 9.38 Å². The van der Waals surface area contributed by atoms with Gasteiger partial charge in [0.15, 0.2) is 4.96 Å². The molecule has 3 aromatic rings. The van der Waals surface area contributed by atoms with E-state index in [1.54, 1.807) is 25.4 Å². The van der Waals surface area contributed by atoms with Gasteiger partial charge in [-0.05, 0) is 19.1 Å². The molecule has 0 aliphatic rings. The normalized spacial score (nSPS) is 10.8. The van der Waals surface area contributed by atoms with Crippen LogP contribution in [0.3, 0.4) is 0 Å². The standard InChI is InChI=1S/C15H14N2O4S/c1-9-7-16-15-17(9)12(13(22-15)14(18)19)8-21-11-5-3-4-10(6-11)20-2/h3-7H,8H2,1-2H3,(H,18,19). The molecule has 3 rings (SSSR count). The zero-order chi connectivity index (χ0) is 15.7. The summed E-state index contributed by atoms with van der Waals surface area (Å²) in [5.74, 6) is 0.331. The topological polar surface area (TPSA) is 73.1 Å². The summed E-state index contributed by atoms with van der Waals surface area (Å²) in [5.41, 5.74) is 1.47. The van der Waals surface area contributed by atoms with Crippen LogP contribution in [0.5, 0.6) is 11.5 Å². The molecule has 0 unspecified atom stereocenters. The molecule has 0 atom stereocenters. The minimum absolute atomic E-state index is 0.145. The van der Waals surface area contributed by atoms with Crippen molar-refractivity contribution in [2.45, 2.75) is 13.5 Å². The third-order valence-electron chi connectivity index (χ3n) is 3.24. The van der Waals surface area contributed by atoms with Crippen LogP contribution in [0.15, 0.2) is 30.5 Å². The van der Waals surface area contributed by atoms with Crippen LogP contribution in [0.4, 0.5) is 0 Å². The smallest absolute Gasteiger partial charge is 0.347 e. The van der Waals surface area contributed by atoms with E-state index in [0.29, 0.717) is 22.2 Å². The Hall–Kier alpha value is -2.54. The number of imidazole rings is 1. The number of aryl methyl sites for hydroxylation is 1. The number of ether oxygens (including phenoxy) is 2. The fourth-order valence-corrected chi connectivity index (χ4v) is 3.20. The molecule has 0 spiro atoms. The lowest BCUT2D eigenvalue weighted by atomic mass is 10.3. The lowest BCUT2D eigenvalue weighted by Crippen LogP contribution is -2.06. The van der Waals surface area contributed by atoms with Crippen molar-refractivity contribution >= 4 is 22.3 Å². The van der Waals surface area contributed by atoms with Gasteiger partial charge in [-0.15, -0.1) is 0 Å². The number of hydrogen-bond donors (Lipinski definition) is 1. The van der Waals surface area contributed by atoms with E-state index in [0.717, 1.165) is 17.0 Å². The predicted octanol–water partition coefficient (Wildman–Crippen LogP) is 2.99. The van der Waals surface area contributed by atoms with Gasteiger partial charge in [-0.2, -0.15) is 0 Å². The first-order valence-electron chi connectivity index (χ1n) is 6.56. The molecule has 0 aliphatic heterocycles. The van der Waals surface area contributed by atoms with Gasteiger partial charge in [-0.1, -0.05) is 17.4 Å². The average molecular weight is 318 g/mol. The molecule has 1 N–H and O–H groups in total. The fraction of sp³-hybridized carbons (Fsp3) is 0.200. The van der Waals surface area contributed by atoms with Crippen LogP contribution in [-0.4, -0.2) is 27.6 Å². The summed E-state index contributed by atoms with van der Waals surface area (Å²) < 4.78 is 12.7. The quantitative estimate of drug-likeness (QED) is 0.783. The largest absolute Gasteiger partial charge is 0.497 e. The highest BCUT2D eigenvalue weighted by Crippen LogP contribution is 2.26. The van der Waals surface area contributed by atoms with E-state index in [1.165, 1.54) is 0 Å². The number of hydrogen-bond acceptors (Lipinski definition) is 5. The van der Waals surface area contributed by atoms with Crippen molar-refractivity contribution in [2.24, 2.45) is 0 Å². The van der Waals surface area contributed by atoms with E-state index in [2.05, 4.69) is 4.98 Å². The van der Waals surface area contributed by atoms with E-state index in [9.17, 15) is 9.90 Å². The Morgan fingerprint density at radius 3 is 2.91 bits per heavy atom. The van der Waals surface area contributed by atoms with Gasteiger partial charge in [0.05, 0.1) is 12.8 Å². The van der Waals surface area contributed by atoms with Gasteiger partial charge in [-0.25, -0.2) is 9.78 Å². The minimum Gasteiger partial charge on any atom is -0.497 e. The van der Waals surface area contributed by atoms with Gasteiger partial charge < -0.3 is 14.6 Å². The molecule has 0 bridgehead atoms. The molecule has 6 nitrogen and oxygen atoms in total. The number of benzene rings is 1. The van der Waals surface area contributed by atoms with Crippen molar-refractivity contribution < 1.29 is 19.4 Å². The summed E-state index contributed by atoms with van der Waals surface area (Å²) in [5, 5.41) is 9.35. The molecule has 1 aromatic carbocycles. The van der Waals surface area contributed by atoms with Crippen LogP contribution in [0.25, 0.3) is 4.96 Å². The first kappa shape index (κ1) is 14.4. The van der Waals surface area contributed by atoms with Crippen molar-refractivity contribution in [1.29, 1.82) is 0 Å². The summed E-state index contributed by atoms with van der Waals surface area (Å²) >= 11 is 1.14. The molecular weight excluding hydrogens is 304 g/mol. The average Bonchev–Trinajstić information content (AvgIpc) is 3.06. The molecule has 22 heavy (non-hydrogen) atoms. The highest BCUT2D eigenvalue weighted by atomic mass is 32.1. The highest BCUT2D eigenvalue weighted by molar-refractivity contribution is 7.19. The third-order valence-corrected chi connectivity index (χ3v) is 4.33. The second kappa shape index (κ2) is 5.69. The Morgan fingerprint density at radius 2 is 2.18 bits per heavy atom. The Labute approximate surface area is 130 Å². The summed E-state index contributed by atoms with van der Waals surface area (Å²) in [6.45, 7) is 2.03. The first-order valence-corrected chi connectivity index (χ1v) is 7.37. The number of carboxylic acid groups (broad SMARTS) is 1. The molecule has 2 heterocycles. The Bertz CT molecular complexity index is 837. The van der Waals surface area contributed by atoms with E-state index >= 15 is 0 Å². The maximum absolute atomic E-state index is 11.4. The second-order valence-electron chi connectivity index (χ2n) is 4.67. The molecule has 0 amide bonds. The number of aromatic carboxylic acids is 1. The van der Waals surface area contributed by atoms with Crippen LogP contribution in [-0.2, 0) is 6.61 Å². The predicted molar refractivity (Wildman–Crippen MR) is 82.1 cm³/mol. The third kappa shape index (κ3) is 2.50. The second-order valence-corrected chi connectivity index (χ2v) is 5.65. The van der Waals surface area contributed by atoms with Gasteiger partial charge in [0.1, 0.15) is 23.0 Å². The van der Waals surface area contributed by atoms with Gasteiger partial charge in [0, 0.05) is 18.0 Å². The van der Waals surface area contributed by atoms with E-state index in [4.69, 9.17) is 9.47 Å². The van der Waals surface area contributed by atoms with Crippen LogP contribution in [0, 0.1) is 6.92 Å². The molecule has 2 aromatic heterocycles. The number of methoxy groups -OCH3 is 1. The van der Waals surface area contributed by atoms with Crippen molar-refractivity contribution in [3.8, 4) is 11.5 Å². The lowest BCUT2D eigenvalue weighted by molar-refractivity contribution is 0.0698. The summed E-state index contributed by atoms with van der Waals surface area (Å²) in [7, 11) is 1.58. The number of nitrogens with zero attached hydrogens (tertiary/aromatic N) is 2. The van der Waals surface area contributed by atoms with E-state index in [-0.39, 0.29) is 11.5 Å². The van der Waals surface area contributed by atoms with Gasteiger partial charge in [-0.3, -0.25) is 4.40 Å². The number of rotatable bonds is 5. The summed E-state index contributed by atoms with van der Waals surface area (Å²) in [6, 6.07) is 7.19. The summed E-state index contributed by atoms with van der Waals surface area (Å²) in [6.07, 6.45) is 1.71. The monoisotopic (exact) mass is 318 g/mol. The van der Waals surface area contributed by atoms with E-state index < -0.39 is 5.97 Å². The Balaban J connectivity index is 1.93. The first-order chi connectivity index (χ1) is 10.6. The fourth-order valence-electron chi connectivity index (χ4n) is 2.21. The SMILES string of the molecule is COc1cccc(OCc2c(C(=O)O)sc3ncc(C)n23)c1. The van der Waals surface area contributed by atoms with Crippen LogP contribution < -0.4 is 9.47 Å². The number of carboxylic acids is 1. The van der Waals surface area contributed by atoms with Crippen LogP contribution in [0.2, 0.25) is 0 Å². The zero-order valence-corrected chi connectivity index (χ0v) is 12.9. The molecule has 0 radical (unpaired) electrons. The number of carbonyl (C=O) groups is 1. The maximum Gasteiger partial charge on any atom is 0.347 e. The van der Waals surface area contributed by atoms with Crippen molar-refractivity contribution in [3.05, 3.63) is 46.7 Å². The highest BCUT2D eigenvalue weighted by Gasteiger charge is 2.20. The number of aromatic nitrogens is 2. The van der Waals surface area contributed by atoms with Gasteiger partial charge >= 0.3 is 5.97 Å². The number of fused-ring (bicyclic) bond motifs is 1. The van der Waals surface area contributed by atoms with Gasteiger partial charge in [0.25, 0.3) is 0 Å². The molecule has 0 saturated carbocycles. The van der Waals surface area contributed by atoms with E-state index in [1.807, 2.05) is 23.5 Å². The molecule has 114 valence electrons. The Kier molecular flexibility index (Phi) is 3.72. The molecule has 0 saturated heterocycles. The molecule has 0 fully saturated rings. The van der Waals surface area contributed by atoms with Gasteiger partial charge in [0.2, 0.25) is 0 Å². The van der Waals surface area contributed by atoms with Crippen LogP contribution >= 0.6 is 11.3 Å². The molecular formula is C15H14N2O4S. The Morgan fingerprint density at radius 1 is 1.41 bits per heavy atom. The zero-order valence-electron chi connectivity index (χ0n) is 12.1. The molecule has 0 aliphatic carbocycles. The van der Waals surface area contributed by atoms with Crippen molar-refractivity contribution in [3.63, 3.8) is 0 Å². The summed E-state index contributed by atoms with van der Waals surface area (Å²) in [4.78, 5) is 16.5. The van der Waals surface area contributed by atoms with Crippen molar-refractivity contribution in [2.75, 3.05) is 7.11 Å².